The van der Waals surface area contributed by atoms with Crippen LogP contribution in [0.4, 0.5) is 0 Å². The van der Waals surface area contributed by atoms with E-state index in [4.69, 9.17) is 5.11 Å². The lowest BCUT2D eigenvalue weighted by molar-refractivity contribution is 0.282. The number of aromatic nitrogens is 3. The van der Waals surface area contributed by atoms with Crippen molar-refractivity contribution in [3.8, 4) is 0 Å². The van der Waals surface area contributed by atoms with Gasteiger partial charge in [-0.2, -0.15) is 5.10 Å². The van der Waals surface area contributed by atoms with Gasteiger partial charge in [-0.05, 0) is 11.1 Å². The molecule has 0 aliphatic carbocycles. The third kappa shape index (κ3) is 3.12. The van der Waals surface area contributed by atoms with Crippen LogP contribution in [0.1, 0.15) is 17.0 Å². The van der Waals surface area contributed by atoms with Crippen molar-refractivity contribution in [2.45, 2.75) is 19.7 Å². The lowest BCUT2D eigenvalue weighted by Gasteiger charge is -2.05. The Hall–Kier alpha value is -1.72. The molecule has 5 heteroatoms. The van der Waals surface area contributed by atoms with Gasteiger partial charge in [-0.3, -0.25) is 4.68 Å². The van der Waals surface area contributed by atoms with Crippen LogP contribution in [0.5, 0.6) is 0 Å². The number of hydrogen-bond donors (Lipinski definition) is 2. The minimum absolute atomic E-state index is 0.0899. The highest BCUT2D eigenvalue weighted by Crippen LogP contribution is 2.04. The van der Waals surface area contributed by atoms with Gasteiger partial charge in [0.05, 0.1) is 13.2 Å². The van der Waals surface area contributed by atoms with Gasteiger partial charge < -0.3 is 10.4 Å². The average Bonchev–Trinajstić information content (AvgIpc) is 2.76. The average molecular weight is 232 g/mol. The van der Waals surface area contributed by atoms with Crippen LogP contribution in [0, 0.1) is 0 Å². The molecular weight excluding hydrogens is 216 g/mol. The molecule has 1 aromatic carbocycles. The molecule has 1 aromatic heterocycles. The van der Waals surface area contributed by atoms with Crippen molar-refractivity contribution < 1.29 is 5.11 Å². The second-order valence-corrected chi connectivity index (χ2v) is 3.88. The summed E-state index contributed by atoms with van der Waals surface area (Å²) in [7, 11) is 1.88. The maximum atomic E-state index is 8.93. The zero-order valence-electron chi connectivity index (χ0n) is 9.80. The first-order valence-corrected chi connectivity index (χ1v) is 5.52. The van der Waals surface area contributed by atoms with Gasteiger partial charge in [-0.1, -0.05) is 24.3 Å². The molecule has 2 N–H and O–H groups in total. The quantitative estimate of drug-likeness (QED) is 0.792. The molecule has 0 radical (unpaired) electrons. The highest BCUT2D eigenvalue weighted by atomic mass is 16.3. The fourth-order valence-corrected chi connectivity index (χ4v) is 1.56. The summed E-state index contributed by atoms with van der Waals surface area (Å²) in [5.41, 5.74) is 2.12. The number of nitrogens with one attached hydrogen (secondary N) is 1. The van der Waals surface area contributed by atoms with Crippen molar-refractivity contribution in [3.63, 3.8) is 0 Å². The first kappa shape index (κ1) is 11.8. The number of benzene rings is 1. The maximum Gasteiger partial charge on any atom is 0.140 e. The van der Waals surface area contributed by atoms with Gasteiger partial charge in [-0.25, -0.2) is 4.98 Å². The predicted octanol–water partition coefficient (Wildman–Crippen LogP) is 0.597. The summed E-state index contributed by atoms with van der Waals surface area (Å²) in [6.45, 7) is 1.56. The largest absolute Gasteiger partial charge is 0.392 e. The van der Waals surface area contributed by atoms with Gasteiger partial charge in [0.25, 0.3) is 0 Å². The molecule has 0 atom stereocenters. The molecule has 0 unspecified atom stereocenters. The minimum Gasteiger partial charge on any atom is -0.392 e. The lowest BCUT2D eigenvalue weighted by atomic mass is 10.1. The van der Waals surface area contributed by atoms with Gasteiger partial charge in [0.1, 0.15) is 12.2 Å². The van der Waals surface area contributed by atoms with E-state index in [2.05, 4.69) is 15.4 Å². The van der Waals surface area contributed by atoms with Crippen LogP contribution in [0.2, 0.25) is 0 Å². The third-order valence-corrected chi connectivity index (χ3v) is 2.62. The van der Waals surface area contributed by atoms with Gasteiger partial charge in [0.2, 0.25) is 0 Å². The summed E-state index contributed by atoms with van der Waals surface area (Å²) in [6.07, 6.45) is 1.55. The van der Waals surface area contributed by atoms with Crippen molar-refractivity contribution in [1.82, 2.24) is 20.1 Å². The molecule has 0 fully saturated rings. The van der Waals surface area contributed by atoms with Crippen molar-refractivity contribution in [2.75, 3.05) is 0 Å². The second-order valence-electron chi connectivity index (χ2n) is 3.88. The maximum absolute atomic E-state index is 8.93. The number of aliphatic hydroxyl groups excluding tert-OH is 1. The smallest absolute Gasteiger partial charge is 0.140 e. The Kier molecular flexibility index (Phi) is 3.85. The van der Waals surface area contributed by atoms with Crippen molar-refractivity contribution in [2.24, 2.45) is 7.05 Å². The number of rotatable bonds is 5. The number of hydrogen-bond acceptors (Lipinski definition) is 4. The molecule has 0 saturated heterocycles. The molecule has 17 heavy (non-hydrogen) atoms. The molecule has 0 aliphatic rings. The highest BCUT2D eigenvalue weighted by Gasteiger charge is 1.99. The second kappa shape index (κ2) is 5.56. The van der Waals surface area contributed by atoms with E-state index in [1.165, 1.54) is 5.56 Å². The molecule has 5 nitrogen and oxygen atoms in total. The van der Waals surface area contributed by atoms with E-state index >= 15 is 0 Å². The summed E-state index contributed by atoms with van der Waals surface area (Å²) in [6, 6.07) is 7.88. The SMILES string of the molecule is Cn1ncnc1CNCc1ccc(CO)cc1. The first-order chi connectivity index (χ1) is 8.29. The van der Waals surface area contributed by atoms with E-state index in [9.17, 15) is 0 Å². The van der Waals surface area contributed by atoms with E-state index < -0.39 is 0 Å². The van der Waals surface area contributed by atoms with Crippen LogP contribution in [0.15, 0.2) is 30.6 Å². The molecule has 1 heterocycles. The van der Waals surface area contributed by atoms with E-state index in [0.29, 0.717) is 6.54 Å². The van der Waals surface area contributed by atoms with E-state index in [1.54, 1.807) is 11.0 Å². The first-order valence-electron chi connectivity index (χ1n) is 5.52. The normalized spacial score (nSPS) is 10.7. The van der Waals surface area contributed by atoms with Gasteiger partial charge in [0.15, 0.2) is 0 Å². The van der Waals surface area contributed by atoms with Crippen LogP contribution in [-0.2, 0) is 26.7 Å². The Morgan fingerprint density at radius 3 is 2.47 bits per heavy atom. The van der Waals surface area contributed by atoms with Crippen LogP contribution >= 0.6 is 0 Å². The van der Waals surface area contributed by atoms with Crippen LogP contribution in [0.3, 0.4) is 0 Å². The van der Waals surface area contributed by atoms with E-state index in [0.717, 1.165) is 17.9 Å². The Balaban J connectivity index is 1.83. The third-order valence-electron chi connectivity index (χ3n) is 2.62. The zero-order chi connectivity index (χ0) is 12.1. The lowest BCUT2D eigenvalue weighted by Crippen LogP contribution is -2.16. The summed E-state index contributed by atoms with van der Waals surface area (Å²) >= 11 is 0. The fraction of sp³-hybridized carbons (Fsp3) is 0.333. The molecule has 0 bridgehead atoms. The summed E-state index contributed by atoms with van der Waals surface area (Å²) < 4.78 is 1.75. The molecule has 2 aromatic rings. The fourth-order valence-electron chi connectivity index (χ4n) is 1.56. The Bertz CT molecular complexity index is 464. The monoisotopic (exact) mass is 232 g/mol. The Morgan fingerprint density at radius 1 is 1.18 bits per heavy atom. The molecule has 0 amide bonds. The number of aliphatic hydroxyl groups is 1. The van der Waals surface area contributed by atoms with Crippen LogP contribution in [0.25, 0.3) is 0 Å². The summed E-state index contributed by atoms with van der Waals surface area (Å²) in [5, 5.41) is 16.2. The van der Waals surface area contributed by atoms with E-state index in [-0.39, 0.29) is 6.61 Å². The Morgan fingerprint density at radius 2 is 1.88 bits per heavy atom. The summed E-state index contributed by atoms with van der Waals surface area (Å²) in [5.74, 6) is 0.914. The zero-order valence-corrected chi connectivity index (χ0v) is 9.80. The predicted molar refractivity (Wildman–Crippen MR) is 63.9 cm³/mol. The summed E-state index contributed by atoms with van der Waals surface area (Å²) in [4.78, 5) is 4.13. The molecule has 0 spiro atoms. The number of nitrogens with zero attached hydrogens (tertiary/aromatic N) is 3. The highest BCUT2D eigenvalue weighted by molar-refractivity contribution is 5.21. The minimum atomic E-state index is 0.0899. The van der Waals surface area contributed by atoms with Crippen LogP contribution < -0.4 is 5.32 Å². The Labute approximate surface area is 100 Å². The van der Waals surface area contributed by atoms with Crippen molar-refractivity contribution in [3.05, 3.63) is 47.5 Å². The number of aryl methyl sites for hydroxylation is 1. The van der Waals surface area contributed by atoms with Crippen molar-refractivity contribution in [1.29, 1.82) is 0 Å². The van der Waals surface area contributed by atoms with Gasteiger partial charge >= 0.3 is 0 Å². The molecule has 0 aliphatic heterocycles. The standard InChI is InChI=1S/C12H16N4O/c1-16-12(14-9-15-16)7-13-6-10-2-4-11(8-17)5-3-10/h2-5,9,13,17H,6-8H2,1H3. The van der Waals surface area contributed by atoms with E-state index in [1.807, 2.05) is 31.3 Å². The molecule has 90 valence electrons. The van der Waals surface area contributed by atoms with Gasteiger partial charge in [-0.15, -0.1) is 0 Å². The molecular formula is C12H16N4O. The van der Waals surface area contributed by atoms with Crippen LogP contribution in [-0.4, -0.2) is 19.9 Å². The molecule has 2 rings (SSSR count). The topological polar surface area (TPSA) is 63.0 Å². The van der Waals surface area contributed by atoms with Crippen molar-refractivity contribution >= 4 is 0 Å². The molecule has 0 saturated carbocycles. The van der Waals surface area contributed by atoms with Gasteiger partial charge in [0, 0.05) is 13.6 Å².